The molecule has 0 bridgehead atoms. The van der Waals surface area contributed by atoms with Crippen LogP contribution >= 0.6 is 0 Å². The van der Waals surface area contributed by atoms with Crippen LogP contribution in [0.1, 0.15) is 46.5 Å². The SMILES string of the molecule is CC(C)[C@]1(C)CC[C@H](N2CCOC[C@@H]2C(F)(F)F)CC1. The summed E-state index contributed by atoms with van der Waals surface area (Å²) in [6.07, 6.45) is -0.379. The fourth-order valence-electron chi connectivity index (χ4n) is 3.51. The normalized spacial score (nSPS) is 37.4. The molecule has 2 fully saturated rings. The molecule has 1 heterocycles. The monoisotopic (exact) mass is 293 g/mol. The van der Waals surface area contributed by atoms with Gasteiger partial charge >= 0.3 is 6.18 Å². The summed E-state index contributed by atoms with van der Waals surface area (Å²) in [5, 5.41) is 0. The van der Waals surface area contributed by atoms with Gasteiger partial charge in [0.2, 0.25) is 0 Å². The molecule has 5 heteroatoms. The number of nitrogens with zero attached hydrogens (tertiary/aromatic N) is 1. The first-order valence-corrected chi connectivity index (χ1v) is 7.64. The highest BCUT2D eigenvalue weighted by Gasteiger charge is 2.48. The van der Waals surface area contributed by atoms with Crippen molar-refractivity contribution in [2.45, 2.75) is 64.7 Å². The maximum absolute atomic E-state index is 13.1. The molecule has 0 radical (unpaired) electrons. The Morgan fingerprint density at radius 3 is 2.30 bits per heavy atom. The minimum absolute atomic E-state index is 0.0670. The summed E-state index contributed by atoms with van der Waals surface area (Å²) in [5.41, 5.74) is 0.288. The van der Waals surface area contributed by atoms with E-state index in [0.717, 1.165) is 25.7 Å². The summed E-state index contributed by atoms with van der Waals surface area (Å²) in [6.45, 7) is 7.33. The van der Waals surface area contributed by atoms with Crippen molar-refractivity contribution in [3.05, 3.63) is 0 Å². The Balaban J connectivity index is 2.01. The number of hydrogen-bond acceptors (Lipinski definition) is 2. The third kappa shape index (κ3) is 3.30. The van der Waals surface area contributed by atoms with Crippen molar-refractivity contribution in [3.8, 4) is 0 Å². The Morgan fingerprint density at radius 1 is 1.20 bits per heavy atom. The number of morpholine rings is 1. The van der Waals surface area contributed by atoms with E-state index in [1.165, 1.54) is 0 Å². The summed E-state index contributed by atoms with van der Waals surface area (Å²) < 4.78 is 44.4. The van der Waals surface area contributed by atoms with Gasteiger partial charge in [-0.2, -0.15) is 13.2 Å². The third-order valence-corrected chi connectivity index (χ3v) is 5.51. The number of ether oxygens (including phenoxy) is 1. The van der Waals surface area contributed by atoms with Crippen LogP contribution in [0.4, 0.5) is 13.2 Å². The van der Waals surface area contributed by atoms with Gasteiger partial charge in [0, 0.05) is 12.6 Å². The van der Waals surface area contributed by atoms with Gasteiger partial charge in [-0.05, 0) is 37.0 Å². The molecule has 0 aromatic rings. The maximum atomic E-state index is 13.1. The second-order valence-corrected chi connectivity index (χ2v) is 6.91. The third-order valence-electron chi connectivity index (χ3n) is 5.51. The molecule has 1 aliphatic heterocycles. The number of rotatable bonds is 2. The van der Waals surface area contributed by atoms with Crippen LogP contribution in [0, 0.1) is 11.3 Å². The molecule has 1 aliphatic carbocycles. The van der Waals surface area contributed by atoms with E-state index in [1.807, 2.05) is 0 Å². The predicted molar refractivity (Wildman–Crippen MR) is 72.6 cm³/mol. The number of hydrogen-bond donors (Lipinski definition) is 0. The van der Waals surface area contributed by atoms with E-state index in [-0.39, 0.29) is 18.1 Å². The van der Waals surface area contributed by atoms with Gasteiger partial charge in [-0.15, -0.1) is 0 Å². The van der Waals surface area contributed by atoms with E-state index >= 15 is 0 Å². The Labute approximate surface area is 119 Å². The number of alkyl halides is 3. The Morgan fingerprint density at radius 2 is 1.80 bits per heavy atom. The second kappa shape index (κ2) is 5.84. The molecule has 0 N–H and O–H groups in total. The van der Waals surface area contributed by atoms with E-state index in [1.54, 1.807) is 4.90 Å². The molecule has 118 valence electrons. The minimum atomic E-state index is -4.18. The van der Waals surface area contributed by atoms with Crippen LogP contribution in [0.15, 0.2) is 0 Å². The van der Waals surface area contributed by atoms with Gasteiger partial charge in [-0.3, -0.25) is 4.90 Å². The first kappa shape index (κ1) is 16.1. The van der Waals surface area contributed by atoms with Crippen LogP contribution in [0.25, 0.3) is 0 Å². The van der Waals surface area contributed by atoms with Crippen molar-refractivity contribution in [2.75, 3.05) is 19.8 Å². The summed E-state index contributed by atoms with van der Waals surface area (Å²) in [7, 11) is 0. The molecule has 0 aromatic carbocycles. The van der Waals surface area contributed by atoms with Crippen LogP contribution in [0.5, 0.6) is 0 Å². The quantitative estimate of drug-likeness (QED) is 0.766. The first-order chi connectivity index (χ1) is 9.24. The van der Waals surface area contributed by atoms with E-state index in [0.29, 0.717) is 19.1 Å². The molecular weight excluding hydrogens is 267 g/mol. The van der Waals surface area contributed by atoms with Crippen molar-refractivity contribution in [1.82, 2.24) is 4.90 Å². The van der Waals surface area contributed by atoms with Gasteiger partial charge in [-0.1, -0.05) is 20.8 Å². The number of halogens is 3. The van der Waals surface area contributed by atoms with Gasteiger partial charge in [0.15, 0.2) is 0 Å². The zero-order valence-electron chi connectivity index (χ0n) is 12.7. The molecule has 2 rings (SSSR count). The summed E-state index contributed by atoms with van der Waals surface area (Å²) in [6, 6.07) is -1.35. The summed E-state index contributed by atoms with van der Waals surface area (Å²) in [4.78, 5) is 1.66. The van der Waals surface area contributed by atoms with Crippen molar-refractivity contribution < 1.29 is 17.9 Å². The molecule has 0 spiro atoms. The lowest BCUT2D eigenvalue weighted by Gasteiger charge is -2.47. The molecular formula is C15H26F3NO. The highest BCUT2D eigenvalue weighted by molar-refractivity contribution is 4.92. The first-order valence-electron chi connectivity index (χ1n) is 7.64. The molecule has 0 amide bonds. The van der Waals surface area contributed by atoms with Gasteiger partial charge in [0.1, 0.15) is 6.04 Å². The fraction of sp³-hybridized carbons (Fsp3) is 1.00. The second-order valence-electron chi connectivity index (χ2n) is 6.91. The van der Waals surface area contributed by atoms with E-state index in [2.05, 4.69) is 20.8 Å². The van der Waals surface area contributed by atoms with Gasteiger partial charge in [0.05, 0.1) is 13.2 Å². The predicted octanol–water partition coefficient (Wildman–Crippen LogP) is 3.85. The van der Waals surface area contributed by atoms with Crippen LogP contribution in [0.2, 0.25) is 0 Å². The molecule has 2 nitrogen and oxygen atoms in total. The van der Waals surface area contributed by atoms with E-state index < -0.39 is 12.2 Å². The Kier molecular flexibility index (Phi) is 4.69. The molecule has 0 aromatic heterocycles. The van der Waals surface area contributed by atoms with Crippen LogP contribution in [0.3, 0.4) is 0 Å². The lowest BCUT2D eigenvalue weighted by atomic mass is 9.67. The van der Waals surface area contributed by atoms with Crippen LogP contribution in [-0.2, 0) is 4.74 Å². The van der Waals surface area contributed by atoms with Crippen molar-refractivity contribution in [1.29, 1.82) is 0 Å². The zero-order chi connectivity index (χ0) is 15.0. The summed E-state index contributed by atoms with van der Waals surface area (Å²) >= 11 is 0. The van der Waals surface area contributed by atoms with Gasteiger partial charge in [0.25, 0.3) is 0 Å². The van der Waals surface area contributed by atoms with Crippen molar-refractivity contribution in [3.63, 3.8) is 0 Å². The molecule has 1 saturated carbocycles. The zero-order valence-corrected chi connectivity index (χ0v) is 12.7. The molecule has 1 saturated heterocycles. The molecule has 1 atom stereocenters. The van der Waals surface area contributed by atoms with Crippen molar-refractivity contribution >= 4 is 0 Å². The smallest absolute Gasteiger partial charge is 0.378 e. The topological polar surface area (TPSA) is 12.5 Å². The van der Waals surface area contributed by atoms with E-state index in [9.17, 15) is 13.2 Å². The lowest BCUT2D eigenvalue weighted by Crippen LogP contribution is -2.58. The standard InChI is InChI=1S/C15H26F3NO/c1-11(2)14(3)6-4-12(5-7-14)19-8-9-20-10-13(19)15(16,17)18/h11-13H,4-10H2,1-3H3/t12-,13-,14+/m1/s1. The largest absolute Gasteiger partial charge is 0.406 e. The van der Waals surface area contributed by atoms with Crippen LogP contribution in [-0.4, -0.2) is 42.9 Å². The average molecular weight is 293 g/mol. The Hall–Kier alpha value is -0.290. The highest BCUT2D eigenvalue weighted by Crippen LogP contribution is 2.44. The highest BCUT2D eigenvalue weighted by atomic mass is 19.4. The Bertz CT molecular complexity index is 322. The molecule has 20 heavy (non-hydrogen) atoms. The fourth-order valence-corrected chi connectivity index (χ4v) is 3.51. The molecule has 2 aliphatic rings. The summed E-state index contributed by atoms with van der Waals surface area (Å²) in [5.74, 6) is 0.589. The van der Waals surface area contributed by atoms with Gasteiger partial charge < -0.3 is 4.74 Å². The maximum Gasteiger partial charge on any atom is 0.406 e. The van der Waals surface area contributed by atoms with Crippen molar-refractivity contribution in [2.24, 2.45) is 11.3 Å². The van der Waals surface area contributed by atoms with Gasteiger partial charge in [-0.25, -0.2) is 0 Å². The average Bonchev–Trinajstić information content (AvgIpc) is 2.38. The lowest BCUT2D eigenvalue weighted by molar-refractivity contribution is -0.221. The molecule has 0 unspecified atom stereocenters. The minimum Gasteiger partial charge on any atom is -0.378 e. The van der Waals surface area contributed by atoms with E-state index in [4.69, 9.17) is 4.74 Å². The van der Waals surface area contributed by atoms with Crippen LogP contribution < -0.4 is 0 Å².